The standard InChI is InChI=1S/C13H29N5O3Si/c1-4-19-22(20-5-2,21-6-3)12-10-8-7-9-11-18-16-13(14)15-17-18/h4-12H2,1-3H3,(H2,14,16). The molecule has 128 valence electrons. The van der Waals surface area contributed by atoms with Crippen LogP contribution in [0.3, 0.4) is 0 Å². The third-order valence-corrected chi connectivity index (χ3v) is 6.30. The molecule has 0 spiro atoms. The Labute approximate surface area is 133 Å². The van der Waals surface area contributed by atoms with Crippen molar-refractivity contribution < 1.29 is 13.3 Å². The summed E-state index contributed by atoms with van der Waals surface area (Å²) in [4.78, 5) is 1.54. The summed E-state index contributed by atoms with van der Waals surface area (Å²) in [5, 5.41) is 11.4. The normalized spacial score (nSPS) is 12.0. The van der Waals surface area contributed by atoms with Crippen LogP contribution in [-0.2, 0) is 19.8 Å². The van der Waals surface area contributed by atoms with Crippen LogP contribution in [0.1, 0.15) is 46.5 Å². The molecule has 0 aliphatic rings. The van der Waals surface area contributed by atoms with Crippen molar-refractivity contribution in [3.05, 3.63) is 0 Å². The van der Waals surface area contributed by atoms with Gasteiger partial charge in [0.05, 0.1) is 6.54 Å². The van der Waals surface area contributed by atoms with Crippen molar-refractivity contribution in [2.75, 3.05) is 25.6 Å². The smallest absolute Gasteiger partial charge is 0.374 e. The Hall–Kier alpha value is -1.03. The molecule has 9 heteroatoms. The molecule has 0 fully saturated rings. The summed E-state index contributed by atoms with van der Waals surface area (Å²) in [7, 11) is -2.47. The van der Waals surface area contributed by atoms with Crippen LogP contribution in [0.2, 0.25) is 6.04 Å². The van der Waals surface area contributed by atoms with Crippen molar-refractivity contribution in [3.8, 4) is 0 Å². The van der Waals surface area contributed by atoms with Crippen molar-refractivity contribution in [1.82, 2.24) is 20.2 Å². The SMILES string of the molecule is CCO[Si](CCCCCCn1nnc(N)n1)(OCC)OCC. The number of aryl methyl sites for hydroxylation is 1. The van der Waals surface area contributed by atoms with E-state index in [1.54, 1.807) is 0 Å². The monoisotopic (exact) mass is 331 g/mol. The number of nitrogens with two attached hydrogens (primary N) is 1. The van der Waals surface area contributed by atoms with Crippen molar-refractivity contribution in [1.29, 1.82) is 0 Å². The molecule has 8 nitrogen and oxygen atoms in total. The number of rotatable bonds is 13. The fraction of sp³-hybridized carbons (Fsp3) is 0.923. The summed E-state index contributed by atoms with van der Waals surface area (Å²) in [5.41, 5.74) is 5.42. The van der Waals surface area contributed by atoms with Gasteiger partial charge >= 0.3 is 8.80 Å². The maximum absolute atomic E-state index is 5.84. The van der Waals surface area contributed by atoms with Gasteiger partial charge in [0.2, 0.25) is 0 Å². The van der Waals surface area contributed by atoms with Gasteiger partial charge in [-0.2, -0.15) is 4.80 Å². The molecule has 0 aliphatic carbocycles. The highest BCUT2D eigenvalue weighted by molar-refractivity contribution is 6.60. The van der Waals surface area contributed by atoms with Crippen LogP contribution < -0.4 is 5.73 Å². The van der Waals surface area contributed by atoms with Gasteiger partial charge in [-0.15, -0.1) is 5.10 Å². The van der Waals surface area contributed by atoms with Crippen molar-refractivity contribution in [2.24, 2.45) is 0 Å². The minimum atomic E-state index is -2.47. The predicted molar refractivity (Wildman–Crippen MR) is 86.1 cm³/mol. The van der Waals surface area contributed by atoms with Gasteiger partial charge in [-0.05, 0) is 38.8 Å². The van der Waals surface area contributed by atoms with Gasteiger partial charge < -0.3 is 19.0 Å². The highest BCUT2D eigenvalue weighted by atomic mass is 28.4. The second kappa shape index (κ2) is 10.7. The van der Waals surface area contributed by atoms with Crippen LogP contribution in [0.4, 0.5) is 5.95 Å². The molecular weight excluding hydrogens is 302 g/mol. The number of anilines is 1. The summed E-state index contributed by atoms with van der Waals surface area (Å²) in [6, 6.07) is 0.872. The van der Waals surface area contributed by atoms with E-state index >= 15 is 0 Å². The van der Waals surface area contributed by atoms with E-state index in [9.17, 15) is 0 Å². The van der Waals surface area contributed by atoms with E-state index in [-0.39, 0.29) is 5.95 Å². The van der Waals surface area contributed by atoms with E-state index < -0.39 is 8.80 Å². The van der Waals surface area contributed by atoms with Crippen LogP contribution in [0.15, 0.2) is 0 Å². The van der Waals surface area contributed by atoms with E-state index in [1.807, 2.05) is 20.8 Å². The molecule has 1 aromatic rings. The third-order valence-electron chi connectivity index (χ3n) is 3.15. The molecule has 0 amide bonds. The van der Waals surface area contributed by atoms with Crippen LogP contribution >= 0.6 is 0 Å². The molecule has 0 saturated carbocycles. The van der Waals surface area contributed by atoms with Gasteiger partial charge in [-0.3, -0.25) is 0 Å². The number of aromatic nitrogens is 4. The first-order valence-electron chi connectivity index (χ1n) is 8.11. The van der Waals surface area contributed by atoms with E-state index in [4.69, 9.17) is 19.0 Å². The Morgan fingerprint density at radius 3 is 2.05 bits per heavy atom. The lowest BCUT2D eigenvalue weighted by Gasteiger charge is -2.28. The van der Waals surface area contributed by atoms with Crippen LogP contribution in [0, 0.1) is 0 Å². The molecule has 2 N–H and O–H groups in total. The van der Waals surface area contributed by atoms with Crippen LogP contribution in [0.5, 0.6) is 0 Å². The van der Waals surface area contributed by atoms with Gasteiger partial charge in [0, 0.05) is 25.9 Å². The minimum Gasteiger partial charge on any atom is -0.374 e. The molecular formula is C13H29N5O3Si. The van der Waals surface area contributed by atoms with Gasteiger partial charge in [0.1, 0.15) is 0 Å². The molecule has 0 aromatic carbocycles. The maximum Gasteiger partial charge on any atom is 0.500 e. The Kier molecular flexibility index (Phi) is 9.21. The van der Waals surface area contributed by atoms with E-state index in [2.05, 4.69) is 15.4 Å². The molecule has 1 aromatic heterocycles. The predicted octanol–water partition coefficient (Wildman–Crippen LogP) is 1.86. The van der Waals surface area contributed by atoms with E-state index in [1.165, 1.54) is 4.80 Å². The number of nitrogens with zero attached hydrogens (tertiary/aromatic N) is 4. The molecule has 22 heavy (non-hydrogen) atoms. The van der Waals surface area contributed by atoms with E-state index in [0.29, 0.717) is 19.8 Å². The van der Waals surface area contributed by atoms with Crippen molar-refractivity contribution >= 4 is 14.8 Å². The number of nitrogen functional groups attached to an aromatic ring is 1. The van der Waals surface area contributed by atoms with Crippen LogP contribution in [-0.4, -0.2) is 48.8 Å². The number of hydrogen-bond donors (Lipinski definition) is 1. The highest BCUT2D eigenvalue weighted by Crippen LogP contribution is 2.20. The Bertz CT molecular complexity index is 388. The van der Waals surface area contributed by atoms with Crippen LogP contribution in [0.25, 0.3) is 0 Å². The second-order valence-corrected chi connectivity index (χ2v) is 7.62. The molecule has 0 saturated heterocycles. The quantitative estimate of drug-likeness (QED) is 0.435. The molecule has 0 unspecified atom stereocenters. The average molecular weight is 331 g/mol. The first-order valence-corrected chi connectivity index (χ1v) is 10.0. The number of unbranched alkanes of at least 4 members (excludes halogenated alkanes) is 3. The first kappa shape index (κ1) is 19.0. The first-order chi connectivity index (χ1) is 10.7. The van der Waals surface area contributed by atoms with Gasteiger partial charge in [0.15, 0.2) is 0 Å². The summed E-state index contributed by atoms with van der Waals surface area (Å²) in [6.45, 7) is 8.59. The molecule has 0 radical (unpaired) electrons. The second-order valence-electron chi connectivity index (χ2n) is 4.89. The van der Waals surface area contributed by atoms with Gasteiger partial charge in [-0.25, -0.2) is 0 Å². The number of tetrazole rings is 1. The molecule has 0 bridgehead atoms. The average Bonchev–Trinajstić information content (AvgIpc) is 2.89. The largest absolute Gasteiger partial charge is 0.500 e. The lowest BCUT2D eigenvalue weighted by atomic mass is 10.2. The number of hydrogen-bond acceptors (Lipinski definition) is 7. The summed E-state index contributed by atoms with van der Waals surface area (Å²) >= 11 is 0. The summed E-state index contributed by atoms with van der Waals surface area (Å²) in [5.74, 6) is 0.223. The highest BCUT2D eigenvalue weighted by Gasteiger charge is 2.39. The van der Waals surface area contributed by atoms with Gasteiger partial charge in [0.25, 0.3) is 5.95 Å². The fourth-order valence-electron chi connectivity index (χ4n) is 2.30. The summed E-state index contributed by atoms with van der Waals surface area (Å²) in [6.07, 6.45) is 4.24. The molecule has 0 aliphatic heterocycles. The lowest BCUT2D eigenvalue weighted by molar-refractivity contribution is 0.0706. The molecule has 0 atom stereocenters. The maximum atomic E-state index is 5.84. The zero-order chi connectivity index (χ0) is 16.3. The Balaban J connectivity index is 2.23. The Morgan fingerprint density at radius 1 is 0.955 bits per heavy atom. The third kappa shape index (κ3) is 6.82. The zero-order valence-electron chi connectivity index (χ0n) is 14.0. The zero-order valence-corrected chi connectivity index (χ0v) is 15.0. The fourth-order valence-corrected chi connectivity index (χ4v) is 4.99. The van der Waals surface area contributed by atoms with Crippen molar-refractivity contribution in [2.45, 2.75) is 59.0 Å². The topological polar surface area (TPSA) is 97.3 Å². The van der Waals surface area contributed by atoms with Crippen molar-refractivity contribution in [3.63, 3.8) is 0 Å². The molecule has 1 rings (SSSR count). The molecule has 1 heterocycles. The summed E-state index contributed by atoms with van der Waals surface area (Å²) < 4.78 is 17.5. The Morgan fingerprint density at radius 2 is 1.55 bits per heavy atom. The van der Waals surface area contributed by atoms with E-state index in [0.717, 1.165) is 38.3 Å². The van der Waals surface area contributed by atoms with Gasteiger partial charge in [-0.1, -0.05) is 17.9 Å². The lowest BCUT2D eigenvalue weighted by Crippen LogP contribution is -2.45. The minimum absolute atomic E-state index is 0.223.